The quantitative estimate of drug-likeness (QED) is 0.902. The van der Waals surface area contributed by atoms with E-state index in [1.54, 1.807) is 7.11 Å². The van der Waals surface area contributed by atoms with Crippen LogP contribution < -0.4 is 10.1 Å². The molecule has 2 aromatic rings. The van der Waals surface area contributed by atoms with Crippen LogP contribution in [0.3, 0.4) is 0 Å². The van der Waals surface area contributed by atoms with E-state index >= 15 is 0 Å². The Balaban J connectivity index is 1.68. The molecule has 0 bridgehead atoms. The number of likely N-dealkylation sites (tertiary alicyclic amines) is 1. The van der Waals surface area contributed by atoms with Gasteiger partial charge in [-0.25, -0.2) is 4.39 Å². The number of piperidine rings is 1. The van der Waals surface area contributed by atoms with Crippen molar-refractivity contribution in [2.45, 2.75) is 37.8 Å². The topological polar surface area (TPSA) is 41.6 Å². The molecule has 0 saturated carbocycles. The van der Waals surface area contributed by atoms with Gasteiger partial charge in [-0.3, -0.25) is 4.79 Å². The molecule has 2 saturated heterocycles. The molecule has 2 heterocycles. The Labute approximate surface area is 159 Å². The van der Waals surface area contributed by atoms with E-state index in [1.165, 1.54) is 12.1 Å². The summed E-state index contributed by atoms with van der Waals surface area (Å²) in [7, 11) is 1.61. The first-order valence-electron chi connectivity index (χ1n) is 9.53. The van der Waals surface area contributed by atoms with E-state index in [0.29, 0.717) is 11.3 Å². The van der Waals surface area contributed by atoms with Gasteiger partial charge in [0, 0.05) is 25.0 Å². The van der Waals surface area contributed by atoms with Crippen molar-refractivity contribution in [3.63, 3.8) is 0 Å². The molecule has 142 valence electrons. The van der Waals surface area contributed by atoms with Gasteiger partial charge in [-0.15, -0.1) is 0 Å². The van der Waals surface area contributed by atoms with Gasteiger partial charge in [0.05, 0.1) is 18.7 Å². The zero-order valence-corrected chi connectivity index (χ0v) is 15.7. The molecule has 5 heteroatoms. The van der Waals surface area contributed by atoms with Gasteiger partial charge in [0.25, 0.3) is 5.91 Å². The van der Waals surface area contributed by atoms with Crippen LogP contribution in [0.5, 0.6) is 5.75 Å². The average molecular weight is 368 g/mol. The van der Waals surface area contributed by atoms with Crippen LogP contribution in [-0.2, 0) is 0 Å². The largest absolute Gasteiger partial charge is 0.496 e. The minimum absolute atomic E-state index is 0.0149. The first-order valence-corrected chi connectivity index (χ1v) is 9.53. The summed E-state index contributed by atoms with van der Waals surface area (Å²) in [5.41, 5.74) is 2.65. The highest BCUT2D eigenvalue weighted by molar-refractivity contribution is 5.97. The SMILES string of the molecule is COc1c(C)cccc1C(=O)N1CCC[C@H]2NC[C@H](c3ccc(F)cc3)[C@H]21. The van der Waals surface area contributed by atoms with E-state index in [1.807, 2.05) is 42.2 Å². The maximum absolute atomic E-state index is 13.5. The number of methoxy groups -OCH3 is 1. The molecule has 4 rings (SSSR count). The van der Waals surface area contributed by atoms with Gasteiger partial charge in [0.15, 0.2) is 0 Å². The molecular formula is C22H25FN2O2. The lowest BCUT2D eigenvalue weighted by molar-refractivity contribution is 0.0575. The molecule has 27 heavy (non-hydrogen) atoms. The molecule has 1 amide bonds. The van der Waals surface area contributed by atoms with E-state index in [0.717, 1.165) is 37.1 Å². The average Bonchev–Trinajstić information content (AvgIpc) is 3.12. The summed E-state index contributed by atoms with van der Waals surface area (Å²) >= 11 is 0. The van der Waals surface area contributed by atoms with Gasteiger partial charge >= 0.3 is 0 Å². The number of hydrogen-bond acceptors (Lipinski definition) is 3. The maximum atomic E-state index is 13.5. The predicted molar refractivity (Wildman–Crippen MR) is 103 cm³/mol. The van der Waals surface area contributed by atoms with Gasteiger partial charge in [-0.05, 0) is 49.1 Å². The van der Waals surface area contributed by atoms with Crippen LogP contribution in [0.1, 0.15) is 40.2 Å². The Morgan fingerprint density at radius 3 is 2.74 bits per heavy atom. The molecule has 0 unspecified atom stereocenters. The number of halogens is 1. The lowest BCUT2D eigenvalue weighted by Crippen LogP contribution is -2.52. The summed E-state index contributed by atoms with van der Waals surface area (Å²) in [6.45, 7) is 3.49. The summed E-state index contributed by atoms with van der Waals surface area (Å²) in [4.78, 5) is 15.5. The number of carbonyl (C=O) groups excluding carboxylic acids is 1. The summed E-state index contributed by atoms with van der Waals surface area (Å²) in [5.74, 6) is 0.591. The van der Waals surface area contributed by atoms with E-state index in [9.17, 15) is 9.18 Å². The monoisotopic (exact) mass is 368 g/mol. The number of ether oxygens (including phenoxy) is 1. The second-order valence-corrected chi connectivity index (χ2v) is 7.46. The number of amides is 1. The fourth-order valence-electron chi connectivity index (χ4n) is 4.65. The number of fused-ring (bicyclic) bond motifs is 1. The first kappa shape index (κ1) is 18.0. The van der Waals surface area contributed by atoms with Crippen molar-refractivity contribution in [1.82, 2.24) is 10.2 Å². The first-order chi connectivity index (χ1) is 13.1. The molecule has 2 fully saturated rings. The van der Waals surface area contributed by atoms with Crippen molar-refractivity contribution in [2.75, 3.05) is 20.2 Å². The van der Waals surface area contributed by atoms with Crippen molar-refractivity contribution >= 4 is 5.91 Å². The predicted octanol–water partition coefficient (Wildman–Crippen LogP) is 3.50. The summed E-state index contributed by atoms with van der Waals surface area (Å²) in [6, 6.07) is 12.7. The summed E-state index contributed by atoms with van der Waals surface area (Å²) in [5, 5.41) is 3.58. The van der Waals surface area contributed by atoms with Gasteiger partial charge in [-0.2, -0.15) is 0 Å². The van der Waals surface area contributed by atoms with E-state index in [2.05, 4.69) is 5.32 Å². The molecule has 0 radical (unpaired) electrons. The summed E-state index contributed by atoms with van der Waals surface area (Å²) in [6.07, 6.45) is 2.03. The number of para-hydroxylation sites is 1. The normalized spacial score (nSPS) is 24.6. The van der Waals surface area contributed by atoms with E-state index < -0.39 is 0 Å². The van der Waals surface area contributed by atoms with Crippen LogP contribution in [0, 0.1) is 12.7 Å². The molecule has 0 aromatic heterocycles. The Morgan fingerprint density at radius 2 is 2.00 bits per heavy atom. The number of nitrogens with zero attached hydrogens (tertiary/aromatic N) is 1. The van der Waals surface area contributed by atoms with Crippen molar-refractivity contribution in [3.8, 4) is 5.75 Å². The van der Waals surface area contributed by atoms with Crippen molar-refractivity contribution in [1.29, 1.82) is 0 Å². The van der Waals surface area contributed by atoms with Crippen molar-refractivity contribution in [3.05, 3.63) is 65.0 Å². The molecule has 3 atom stereocenters. The smallest absolute Gasteiger partial charge is 0.257 e. The fourth-order valence-corrected chi connectivity index (χ4v) is 4.65. The number of carbonyl (C=O) groups is 1. The minimum atomic E-state index is -0.234. The minimum Gasteiger partial charge on any atom is -0.496 e. The van der Waals surface area contributed by atoms with Crippen LogP contribution >= 0.6 is 0 Å². The van der Waals surface area contributed by atoms with Gasteiger partial charge in [0.2, 0.25) is 0 Å². The standard InChI is InChI=1S/C22H25FN2O2/c1-14-5-3-6-17(21(14)27-2)22(26)25-12-4-7-19-20(25)18(13-24-19)15-8-10-16(23)11-9-15/h3,5-6,8-11,18-20,24H,4,7,12-13H2,1-2H3/t18-,19-,20-/m1/s1. The molecular weight excluding hydrogens is 343 g/mol. The Kier molecular flexibility index (Phi) is 4.87. The molecule has 0 aliphatic carbocycles. The zero-order valence-electron chi connectivity index (χ0n) is 15.7. The number of rotatable bonds is 3. The third-order valence-corrected chi connectivity index (χ3v) is 5.90. The van der Waals surface area contributed by atoms with E-state index in [-0.39, 0.29) is 29.7 Å². The Bertz CT molecular complexity index is 837. The third kappa shape index (κ3) is 3.21. The highest BCUT2D eigenvalue weighted by atomic mass is 19.1. The molecule has 1 N–H and O–H groups in total. The van der Waals surface area contributed by atoms with Crippen LogP contribution in [0.25, 0.3) is 0 Å². The summed E-state index contributed by atoms with van der Waals surface area (Å²) < 4.78 is 18.9. The maximum Gasteiger partial charge on any atom is 0.257 e. The lowest BCUT2D eigenvalue weighted by atomic mass is 9.85. The molecule has 2 aliphatic rings. The van der Waals surface area contributed by atoms with Crippen LogP contribution in [0.15, 0.2) is 42.5 Å². The molecule has 0 spiro atoms. The van der Waals surface area contributed by atoms with Gasteiger partial charge in [-0.1, -0.05) is 24.3 Å². The lowest BCUT2D eigenvalue weighted by Gasteiger charge is -2.40. The van der Waals surface area contributed by atoms with E-state index in [4.69, 9.17) is 4.74 Å². The molecule has 4 nitrogen and oxygen atoms in total. The van der Waals surface area contributed by atoms with Gasteiger partial charge < -0.3 is 15.0 Å². The molecule has 2 aliphatic heterocycles. The number of nitrogens with one attached hydrogen (secondary N) is 1. The molecule has 2 aromatic carbocycles. The van der Waals surface area contributed by atoms with Crippen LogP contribution in [0.2, 0.25) is 0 Å². The van der Waals surface area contributed by atoms with Gasteiger partial charge in [0.1, 0.15) is 11.6 Å². The fraction of sp³-hybridized carbons (Fsp3) is 0.409. The van der Waals surface area contributed by atoms with Crippen molar-refractivity contribution < 1.29 is 13.9 Å². The third-order valence-electron chi connectivity index (χ3n) is 5.90. The number of aryl methyl sites for hydroxylation is 1. The highest BCUT2D eigenvalue weighted by Gasteiger charge is 2.44. The Morgan fingerprint density at radius 1 is 1.22 bits per heavy atom. The zero-order chi connectivity index (χ0) is 19.0. The Hall–Kier alpha value is -2.40. The number of hydrogen-bond donors (Lipinski definition) is 1. The van der Waals surface area contributed by atoms with Crippen LogP contribution in [-0.4, -0.2) is 43.1 Å². The van der Waals surface area contributed by atoms with Crippen molar-refractivity contribution in [2.24, 2.45) is 0 Å². The highest BCUT2D eigenvalue weighted by Crippen LogP contribution is 2.37. The second-order valence-electron chi connectivity index (χ2n) is 7.46. The second kappa shape index (κ2) is 7.31. The van der Waals surface area contributed by atoms with Crippen LogP contribution in [0.4, 0.5) is 4.39 Å². The number of benzene rings is 2.